The van der Waals surface area contributed by atoms with Gasteiger partial charge in [0.05, 0.1) is 7.11 Å². The molecule has 0 aliphatic carbocycles. The monoisotopic (exact) mass is 251 g/mol. The van der Waals surface area contributed by atoms with Gasteiger partial charge in [-0.05, 0) is 33.9 Å². The van der Waals surface area contributed by atoms with E-state index in [1.54, 1.807) is 6.92 Å². The first-order chi connectivity index (χ1) is 8.49. The Morgan fingerprint density at radius 3 is 2.56 bits per heavy atom. The molecule has 0 aliphatic rings. The summed E-state index contributed by atoms with van der Waals surface area (Å²) in [6, 6.07) is 6.06. The molecule has 0 aromatic heterocycles. The van der Waals surface area contributed by atoms with E-state index in [-0.39, 0.29) is 12.0 Å². The van der Waals surface area contributed by atoms with E-state index in [2.05, 4.69) is 16.1 Å². The summed E-state index contributed by atoms with van der Waals surface area (Å²) < 4.78 is 10.3. The molecule has 4 nitrogen and oxygen atoms in total. The molecule has 0 bridgehead atoms. The molecule has 0 aliphatic heterocycles. The zero-order chi connectivity index (χ0) is 13.7. The lowest BCUT2D eigenvalue weighted by atomic mass is 10.0. The molecular weight excluding hydrogens is 230 g/mol. The maximum Gasteiger partial charge on any atom is 0.346 e. The fraction of sp³-hybridized carbons (Fsp3) is 0.500. The van der Waals surface area contributed by atoms with Crippen molar-refractivity contribution in [1.82, 2.24) is 5.32 Å². The topological polar surface area (TPSA) is 47.6 Å². The van der Waals surface area contributed by atoms with E-state index in [9.17, 15) is 4.79 Å². The van der Waals surface area contributed by atoms with Crippen LogP contribution in [0, 0.1) is 6.92 Å². The SMILES string of the molecule is CNC(C)c1cc(C)ccc1OC(C)C(=O)OC. The second-order valence-corrected chi connectivity index (χ2v) is 4.33. The molecule has 4 heteroatoms. The lowest BCUT2D eigenvalue weighted by Crippen LogP contribution is -2.26. The van der Waals surface area contributed by atoms with Crippen molar-refractivity contribution >= 4 is 5.97 Å². The molecule has 2 unspecified atom stereocenters. The van der Waals surface area contributed by atoms with Gasteiger partial charge in [-0.15, -0.1) is 0 Å². The average Bonchev–Trinajstić information content (AvgIpc) is 2.38. The van der Waals surface area contributed by atoms with Gasteiger partial charge in [0, 0.05) is 11.6 Å². The Morgan fingerprint density at radius 2 is 2.00 bits per heavy atom. The van der Waals surface area contributed by atoms with Crippen LogP contribution < -0.4 is 10.1 Å². The van der Waals surface area contributed by atoms with Gasteiger partial charge in [-0.2, -0.15) is 0 Å². The quantitative estimate of drug-likeness (QED) is 0.815. The molecule has 1 aromatic carbocycles. The van der Waals surface area contributed by atoms with Crippen molar-refractivity contribution in [2.45, 2.75) is 32.9 Å². The molecule has 0 saturated heterocycles. The summed E-state index contributed by atoms with van der Waals surface area (Å²) >= 11 is 0. The van der Waals surface area contributed by atoms with Crippen LogP contribution in [-0.4, -0.2) is 26.2 Å². The van der Waals surface area contributed by atoms with E-state index in [1.807, 2.05) is 33.0 Å². The van der Waals surface area contributed by atoms with Gasteiger partial charge in [0.25, 0.3) is 0 Å². The number of carbonyl (C=O) groups excluding carboxylic acids is 1. The highest BCUT2D eigenvalue weighted by Gasteiger charge is 2.18. The van der Waals surface area contributed by atoms with Crippen molar-refractivity contribution in [2.75, 3.05) is 14.2 Å². The largest absolute Gasteiger partial charge is 0.479 e. The van der Waals surface area contributed by atoms with Crippen LogP contribution in [0.3, 0.4) is 0 Å². The van der Waals surface area contributed by atoms with E-state index in [0.29, 0.717) is 5.75 Å². The summed E-state index contributed by atoms with van der Waals surface area (Å²) in [4.78, 5) is 11.4. The van der Waals surface area contributed by atoms with Crippen LogP contribution in [0.4, 0.5) is 0 Å². The van der Waals surface area contributed by atoms with Crippen LogP contribution in [0.2, 0.25) is 0 Å². The number of methoxy groups -OCH3 is 1. The van der Waals surface area contributed by atoms with Crippen molar-refractivity contribution in [3.63, 3.8) is 0 Å². The zero-order valence-corrected chi connectivity index (χ0v) is 11.6. The summed E-state index contributed by atoms with van der Waals surface area (Å²) in [6.45, 7) is 5.75. The summed E-state index contributed by atoms with van der Waals surface area (Å²) in [7, 11) is 3.25. The van der Waals surface area contributed by atoms with Crippen molar-refractivity contribution in [3.05, 3.63) is 29.3 Å². The van der Waals surface area contributed by atoms with Crippen molar-refractivity contribution in [2.24, 2.45) is 0 Å². The van der Waals surface area contributed by atoms with E-state index >= 15 is 0 Å². The summed E-state index contributed by atoms with van der Waals surface area (Å²) in [5, 5.41) is 3.17. The van der Waals surface area contributed by atoms with Crippen LogP contribution in [-0.2, 0) is 9.53 Å². The Kier molecular flexibility index (Phi) is 5.16. The van der Waals surface area contributed by atoms with E-state index in [0.717, 1.165) is 11.1 Å². The molecule has 0 heterocycles. The van der Waals surface area contributed by atoms with Crippen molar-refractivity contribution in [3.8, 4) is 5.75 Å². The highest BCUT2D eigenvalue weighted by molar-refractivity contribution is 5.74. The number of carbonyl (C=O) groups is 1. The Morgan fingerprint density at radius 1 is 1.33 bits per heavy atom. The Labute approximate surface area is 108 Å². The van der Waals surface area contributed by atoms with Crippen LogP contribution in [0.1, 0.15) is 31.0 Å². The van der Waals surface area contributed by atoms with Crippen LogP contribution in [0.15, 0.2) is 18.2 Å². The molecule has 18 heavy (non-hydrogen) atoms. The standard InChI is InChI=1S/C14H21NO3/c1-9-6-7-13(12(8-9)10(2)15-4)18-11(3)14(16)17-5/h6-8,10-11,15H,1-5H3. The van der Waals surface area contributed by atoms with Crippen LogP contribution in [0.25, 0.3) is 0 Å². The van der Waals surface area contributed by atoms with E-state index in [4.69, 9.17) is 4.74 Å². The van der Waals surface area contributed by atoms with Gasteiger partial charge in [0.2, 0.25) is 0 Å². The predicted octanol–water partition coefficient (Wildman–Crippen LogP) is 2.22. The maximum absolute atomic E-state index is 11.4. The van der Waals surface area contributed by atoms with E-state index in [1.165, 1.54) is 7.11 Å². The first-order valence-electron chi connectivity index (χ1n) is 6.02. The van der Waals surface area contributed by atoms with Crippen molar-refractivity contribution in [1.29, 1.82) is 0 Å². The van der Waals surface area contributed by atoms with Crippen molar-refractivity contribution < 1.29 is 14.3 Å². The molecule has 1 N–H and O–H groups in total. The molecule has 100 valence electrons. The normalized spacial score (nSPS) is 13.8. The highest BCUT2D eigenvalue weighted by atomic mass is 16.6. The molecule has 0 fully saturated rings. The summed E-state index contributed by atoms with van der Waals surface area (Å²) in [6.07, 6.45) is -0.611. The Bertz CT molecular complexity index is 418. The Hall–Kier alpha value is -1.55. The third-order valence-electron chi connectivity index (χ3n) is 2.90. The highest BCUT2D eigenvalue weighted by Crippen LogP contribution is 2.27. The third kappa shape index (κ3) is 3.47. The molecule has 0 spiro atoms. The molecule has 1 aromatic rings. The second kappa shape index (κ2) is 6.40. The lowest BCUT2D eigenvalue weighted by molar-refractivity contribution is -0.147. The lowest BCUT2D eigenvalue weighted by Gasteiger charge is -2.19. The van der Waals surface area contributed by atoms with E-state index < -0.39 is 6.10 Å². The Balaban J connectivity index is 2.97. The minimum absolute atomic E-state index is 0.157. The zero-order valence-electron chi connectivity index (χ0n) is 11.6. The number of rotatable bonds is 5. The minimum atomic E-state index is -0.611. The van der Waals surface area contributed by atoms with Gasteiger partial charge in [-0.3, -0.25) is 0 Å². The molecule has 0 saturated carbocycles. The van der Waals surface area contributed by atoms with Gasteiger partial charge < -0.3 is 14.8 Å². The molecule has 0 amide bonds. The molecule has 2 atom stereocenters. The van der Waals surface area contributed by atoms with Crippen LogP contribution >= 0.6 is 0 Å². The van der Waals surface area contributed by atoms with Crippen LogP contribution in [0.5, 0.6) is 5.75 Å². The van der Waals surface area contributed by atoms with Gasteiger partial charge >= 0.3 is 5.97 Å². The number of hydrogen-bond donors (Lipinski definition) is 1. The fourth-order valence-electron chi connectivity index (χ4n) is 1.67. The smallest absolute Gasteiger partial charge is 0.346 e. The van der Waals surface area contributed by atoms with Gasteiger partial charge in [-0.1, -0.05) is 17.7 Å². The number of esters is 1. The van der Waals surface area contributed by atoms with Gasteiger partial charge in [0.15, 0.2) is 6.10 Å². The summed E-state index contributed by atoms with van der Waals surface area (Å²) in [5.41, 5.74) is 2.19. The van der Waals surface area contributed by atoms with Gasteiger partial charge in [0.1, 0.15) is 5.75 Å². The molecule has 1 rings (SSSR count). The maximum atomic E-state index is 11.4. The summed E-state index contributed by atoms with van der Waals surface area (Å²) in [5.74, 6) is 0.332. The van der Waals surface area contributed by atoms with Gasteiger partial charge in [-0.25, -0.2) is 4.79 Å². The molecule has 0 radical (unpaired) electrons. The predicted molar refractivity (Wildman–Crippen MR) is 70.8 cm³/mol. The number of benzene rings is 1. The number of hydrogen-bond acceptors (Lipinski definition) is 4. The first-order valence-corrected chi connectivity index (χ1v) is 6.02. The average molecular weight is 251 g/mol. The minimum Gasteiger partial charge on any atom is -0.479 e. The first kappa shape index (κ1) is 14.5. The number of ether oxygens (including phenoxy) is 2. The third-order valence-corrected chi connectivity index (χ3v) is 2.90. The second-order valence-electron chi connectivity index (χ2n) is 4.33. The number of nitrogens with one attached hydrogen (secondary N) is 1. The molecular formula is C14H21NO3. The number of aryl methyl sites for hydroxylation is 1. The fourth-order valence-corrected chi connectivity index (χ4v) is 1.67.